The first-order chi connectivity index (χ1) is 10.1. The van der Waals surface area contributed by atoms with E-state index in [0.717, 1.165) is 44.2 Å². The molecule has 1 unspecified atom stereocenters. The molecule has 4 heteroatoms. The van der Waals surface area contributed by atoms with Gasteiger partial charge in [0.2, 0.25) is 0 Å². The molecule has 0 aromatic heterocycles. The Kier molecular flexibility index (Phi) is 8.45. The Hall–Kier alpha value is -1.60. The number of terminal acetylenes is 1. The molecule has 0 aliphatic rings. The van der Waals surface area contributed by atoms with Gasteiger partial charge in [0.25, 0.3) is 0 Å². The molecule has 0 saturated carbocycles. The molecule has 1 N–H and O–H groups in total. The van der Waals surface area contributed by atoms with Crippen molar-refractivity contribution < 1.29 is 13.5 Å². The highest BCUT2D eigenvalue weighted by molar-refractivity contribution is 5.27. The van der Waals surface area contributed by atoms with E-state index in [9.17, 15) is 8.78 Å². The lowest BCUT2D eigenvalue weighted by Crippen LogP contribution is -2.27. The predicted molar refractivity (Wildman–Crippen MR) is 81.5 cm³/mol. The smallest absolute Gasteiger partial charge is 0.387 e. The van der Waals surface area contributed by atoms with Gasteiger partial charge in [0.15, 0.2) is 0 Å². The van der Waals surface area contributed by atoms with Crippen LogP contribution in [-0.2, 0) is 6.42 Å². The summed E-state index contributed by atoms with van der Waals surface area (Å²) in [7, 11) is 0. The normalized spacial score (nSPS) is 12.1. The summed E-state index contributed by atoms with van der Waals surface area (Å²) in [4.78, 5) is 0. The van der Waals surface area contributed by atoms with Crippen LogP contribution in [0, 0.1) is 12.3 Å². The minimum Gasteiger partial charge on any atom is -0.435 e. The van der Waals surface area contributed by atoms with E-state index in [0.29, 0.717) is 6.04 Å². The molecule has 21 heavy (non-hydrogen) atoms. The van der Waals surface area contributed by atoms with Gasteiger partial charge in [-0.3, -0.25) is 0 Å². The van der Waals surface area contributed by atoms with Crippen molar-refractivity contribution in [3.05, 3.63) is 29.8 Å². The summed E-state index contributed by atoms with van der Waals surface area (Å²) in [6, 6.07) is 7.25. The van der Waals surface area contributed by atoms with Gasteiger partial charge in [-0.2, -0.15) is 8.78 Å². The average molecular weight is 295 g/mol. The second-order valence-electron chi connectivity index (χ2n) is 5.08. The molecule has 116 valence electrons. The van der Waals surface area contributed by atoms with E-state index in [4.69, 9.17) is 6.42 Å². The van der Waals surface area contributed by atoms with Gasteiger partial charge in [-0.15, -0.1) is 12.3 Å². The second kappa shape index (κ2) is 10.2. The maximum absolute atomic E-state index is 12.0. The molecule has 1 rings (SSSR count). The first kappa shape index (κ1) is 17.5. The summed E-state index contributed by atoms with van der Waals surface area (Å²) in [6.45, 7) is 0.356. The number of nitrogens with one attached hydrogen (secondary N) is 1. The van der Waals surface area contributed by atoms with E-state index < -0.39 is 6.61 Å². The summed E-state index contributed by atoms with van der Waals surface area (Å²) in [5, 5.41) is 3.46. The molecule has 0 bridgehead atoms. The van der Waals surface area contributed by atoms with Crippen molar-refractivity contribution in [3.8, 4) is 18.1 Å². The highest BCUT2D eigenvalue weighted by Gasteiger charge is 2.05. The molecular weight excluding hydrogens is 272 g/mol. The van der Waals surface area contributed by atoms with E-state index in [1.165, 1.54) is 0 Å². The predicted octanol–water partition coefficient (Wildman–Crippen LogP) is 4.00. The summed E-state index contributed by atoms with van der Waals surface area (Å²) in [5.74, 6) is 2.84. The molecule has 0 amide bonds. The first-order valence-electron chi connectivity index (χ1n) is 7.32. The first-order valence-corrected chi connectivity index (χ1v) is 7.32. The lowest BCUT2D eigenvalue weighted by atomic mass is 10.1. The molecule has 1 aromatic rings. The van der Waals surface area contributed by atoms with E-state index >= 15 is 0 Å². The van der Waals surface area contributed by atoms with Crippen molar-refractivity contribution in [3.63, 3.8) is 0 Å². The summed E-state index contributed by atoms with van der Waals surface area (Å²) >= 11 is 0. The minimum atomic E-state index is -2.77. The molecular formula is C17H23F2NO. The number of halogens is 2. The van der Waals surface area contributed by atoms with Crippen molar-refractivity contribution in [2.45, 2.75) is 51.7 Å². The number of alkyl halides is 2. The van der Waals surface area contributed by atoms with Crippen LogP contribution >= 0.6 is 0 Å². The molecule has 0 radical (unpaired) electrons. The number of rotatable bonds is 10. The summed E-state index contributed by atoms with van der Waals surface area (Å²) in [5.41, 5.74) is 1.12. The fraction of sp³-hybridized carbons (Fsp3) is 0.529. The number of aryl methyl sites for hydroxylation is 1. The molecule has 0 aliphatic heterocycles. The monoisotopic (exact) mass is 295 g/mol. The lowest BCUT2D eigenvalue weighted by molar-refractivity contribution is -0.0498. The molecule has 0 spiro atoms. The Morgan fingerprint density at radius 1 is 1.24 bits per heavy atom. The lowest BCUT2D eigenvalue weighted by Gasteiger charge is -2.13. The number of hydrogen-bond acceptors (Lipinski definition) is 2. The third-order valence-electron chi connectivity index (χ3n) is 3.26. The van der Waals surface area contributed by atoms with Gasteiger partial charge >= 0.3 is 6.61 Å². The quantitative estimate of drug-likeness (QED) is 0.520. The van der Waals surface area contributed by atoms with Crippen LogP contribution in [0.4, 0.5) is 8.78 Å². The Bertz CT molecular complexity index is 425. The standard InChI is InChI=1S/C17H23F2NO/c1-3-4-5-6-13-20-14(2)7-8-15-9-11-16(12-10-15)21-17(18)19/h1,9-12,14,17,20H,4-8,13H2,2H3. The highest BCUT2D eigenvalue weighted by Crippen LogP contribution is 2.16. The molecule has 1 aromatic carbocycles. The Morgan fingerprint density at radius 2 is 1.95 bits per heavy atom. The highest BCUT2D eigenvalue weighted by atomic mass is 19.3. The summed E-state index contributed by atoms with van der Waals surface area (Å²) in [6.07, 6.45) is 10.1. The minimum absolute atomic E-state index is 0.202. The molecule has 0 fully saturated rings. The van der Waals surface area contributed by atoms with Crippen LogP contribution in [0.1, 0.15) is 38.2 Å². The largest absolute Gasteiger partial charge is 0.435 e. The van der Waals surface area contributed by atoms with Gasteiger partial charge in [0.1, 0.15) is 5.75 Å². The van der Waals surface area contributed by atoms with Crippen LogP contribution in [0.15, 0.2) is 24.3 Å². The SMILES string of the molecule is C#CCCCCNC(C)CCc1ccc(OC(F)F)cc1. The Balaban J connectivity index is 2.20. The number of unbranched alkanes of at least 4 members (excludes halogenated alkanes) is 2. The topological polar surface area (TPSA) is 21.3 Å². The fourth-order valence-corrected chi connectivity index (χ4v) is 2.02. The van der Waals surface area contributed by atoms with Crippen molar-refractivity contribution in [1.82, 2.24) is 5.32 Å². The van der Waals surface area contributed by atoms with E-state index in [2.05, 4.69) is 22.9 Å². The Morgan fingerprint density at radius 3 is 2.57 bits per heavy atom. The van der Waals surface area contributed by atoms with E-state index in [1.807, 2.05) is 12.1 Å². The van der Waals surface area contributed by atoms with Crippen molar-refractivity contribution in [1.29, 1.82) is 0 Å². The van der Waals surface area contributed by atoms with Crippen LogP contribution in [0.25, 0.3) is 0 Å². The third kappa shape index (κ3) is 8.31. The van der Waals surface area contributed by atoms with Crippen molar-refractivity contribution >= 4 is 0 Å². The Labute approximate surface area is 125 Å². The molecule has 0 saturated heterocycles. The molecule has 1 atom stereocenters. The van der Waals surface area contributed by atoms with Gasteiger partial charge < -0.3 is 10.1 Å². The number of benzene rings is 1. The van der Waals surface area contributed by atoms with Crippen LogP contribution in [-0.4, -0.2) is 19.2 Å². The average Bonchev–Trinajstić information content (AvgIpc) is 2.46. The zero-order valence-electron chi connectivity index (χ0n) is 12.4. The van der Waals surface area contributed by atoms with Crippen LogP contribution < -0.4 is 10.1 Å². The van der Waals surface area contributed by atoms with Gasteiger partial charge in [-0.05, 0) is 56.8 Å². The summed E-state index contributed by atoms with van der Waals surface area (Å²) < 4.78 is 28.4. The van der Waals surface area contributed by atoms with Crippen LogP contribution in [0.2, 0.25) is 0 Å². The van der Waals surface area contributed by atoms with E-state index in [-0.39, 0.29) is 5.75 Å². The molecule has 0 heterocycles. The van der Waals surface area contributed by atoms with E-state index in [1.54, 1.807) is 12.1 Å². The zero-order valence-corrected chi connectivity index (χ0v) is 12.4. The van der Waals surface area contributed by atoms with Crippen molar-refractivity contribution in [2.24, 2.45) is 0 Å². The zero-order chi connectivity index (χ0) is 15.5. The second-order valence-corrected chi connectivity index (χ2v) is 5.08. The van der Waals surface area contributed by atoms with Gasteiger partial charge in [0, 0.05) is 12.5 Å². The molecule has 0 aliphatic carbocycles. The van der Waals surface area contributed by atoms with Gasteiger partial charge in [-0.1, -0.05) is 12.1 Å². The fourth-order valence-electron chi connectivity index (χ4n) is 2.02. The van der Waals surface area contributed by atoms with Gasteiger partial charge in [-0.25, -0.2) is 0 Å². The van der Waals surface area contributed by atoms with Crippen LogP contribution in [0.5, 0.6) is 5.75 Å². The number of ether oxygens (including phenoxy) is 1. The van der Waals surface area contributed by atoms with Crippen LogP contribution in [0.3, 0.4) is 0 Å². The van der Waals surface area contributed by atoms with Gasteiger partial charge in [0.05, 0.1) is 0 Å². The third-order valence-corrected chi connectivity index (χ3v) is 3.26. The maximum atomic E-state index is 12.0. The molecule has 2 nitrogen and oxygen atoms in total. The van der Waals surface area contributed by atoms with Crippen molar-refractivity contribution in [2.75, 3.05) is 6.54 Å². The number of hydrogen-bond donors (Lipinski definition) is 1. The maximum Gasteiger partial charge on any atom is 0.387 e.